The molecule has 4 aliphatic carbocycles. The SMILES string of the molecule is CC(=O)O[C@H]1C[C@H]2C(C)(C)C(=O)C=C[C@]2(C)[C@H]2CC[C@]3(C)C(=CC(=O)[C@@H]3c3ccoc3)[C@]12C. The Kier molecular flexibility index (Phi) is 4.61. The second kappa shape index (κ2) is 6.80. The van der Waals surface area contributed by atoms with Gasteiger partial charge in [-0.05, 0) is 60.3 Å². The summed E-state index contributed by atoms with van der Waals surface area (Å²) in [4.78, 5) is 38.6. The quantitative estimate of drug-likeness (QED) is 0.563. The van der Waals surface area contributed by atoms with Crippen molar-refractivity contribution in [3.63, 3.8) is 0 Å². The van der Waals surface area contributed by atoms with Crippen LogP contribution in [0.1, 0.15) is 72.3 Å². The predicted molar refractivity (Wildman–Crippen MR) is 123 cm³/mol. The first-order valence-corrected chi connectivity index (χ1v) is 12.1. The number of allylic oxidation sites excluding steroid dienone is 3. The topological polar surface area (TPSA) is 73.6 Å². The van der Waals surface area contributed by atoms with Crippen LogP contribution in [0.15, 0.2) is 46.8 Å². The number of ketones is 2. The molecule has 0 bridgehead atoms. The molecule has 2 saturated carbocycles. The van der Waals surface area contributed by atoms with Gasteiger partial charge in [0.15, 0.2) is 11.6 Å². The molecule has 0 aromatic carbocycles. The molecule has 7 atom stereocenters. The molecular weight excluding hydrogens is 416 g/mol. The van der Waals surface area contributed by atoms with Gasteiger partial charge in [-0.2, -0.15) is 0 Å². The Morgan fingerprint density at radius 3 is 2.48 bits per heavy atom. The highest BCUT2D eigenvalue weighted by molar-refractivity contribution is 6.01. The van der Waals surface area contributed by atoms with E-state index < -0.39 is 16.9 Å². The van der Waals surface area contributed by atoms with E-state index in [0.717, 1.165) is 24.0 Å². The van der Waals surface area contributed by atoms with Crippen LogP contribution in [0.2, 0.25) is 0 Å². The fourth-order valence-electron chi connectivity index (χ4n) is 8.44. The number of fused-ring (bicyclic) bond motifs is 5. The molecule has 176 valence electrons. The molecule has 0 spiro atoms. The third kappa shape index (κ3) is 2.74. The van der Waals surface area contributed by atoms with Crippen molar-refractivity contribution in [2.24, 2.45) is 33.5 Å². The van der Waals surface area contributed by atoms with Crippen molar-refractivity contribution in [1.82, 2.24) is 0 Å². The Balaban J connectivity index is 1.68. The van der Waals surface area contributed by atoms with Gasteiger partial charge in [0, 0.05) is 28.7 Å². The molecule has 0 unspecified atom stereocenters. The lowest BCUT2D eigenvalue weighted by atomic mass is 9.38. The second-order valence-corrected chi connectivity index (χ2v) is 11.9. The third-order valence-corrected chi connectivity index (χ3v) is 9.99. The summed E-state index contributed by atoms with van der Waals surface area (Å²) in [5.41, 5.74) is 0.363. The van der Waals surface area contributed by atoms with E-state index in [1.165, 1.54) is 6.92 Å². The number of carbonyl (C=O) groups excluding carboxylic acids is 3. The largest absolute Gasteiger partial charge is 0.472 e. The molecule has 1 heterocycles. The first-order valence-electron chi connectivity index (χ1n) is 12.1. The summed E-state index contributed by atoms with van der Waals surface area (Å²) in [6.07, 6.45) is 11.0. The van der Waals surface area contributed by atoms with Crippen molar-refractivity contribution in [2.75, 3.05) is 0 Å². The zero-order chi connectivity index (χ0) is 24.0. The van der Waals surface area contributed by atoms with Crippen LogP contribution >= 0.6 is 0 Å². The Morgan fingerprint density at radius 2 is 1.85 bits per heavy atom. The summed E-state index contributed by atoms with van der Waals surface area (Å²) in [6, 6.07) is 1.89. The molecule has 2 fully saturated rings. The number of hydrogen-bond acceptors (Lipinski definition) is 5. The number of esters is 1. The highest BCUT2D eigenvalue weighted by atomic mass is 16.5. The molecule has 5 rings (SSSR count). The van der Waals surface area contributed by atoms with Crippen LogP contribution < -0.4 is 0 Å². The van der Waals surface area contributed by atoms with E-state index in [-0.39, 0.29) is 46.1 Å². The van der Waals surface area contributed by atoms with Crippen LogP contribution in [0.3, 0.4) is 0 Å². The van der Waals surface area contributed by atoms with E-state index in [4.69, 9.17) is 9.15 Å². The second-order valence-electron chi connectivity index (χ2n) is 11.9. The van der Waals surface area contributed by atoms with E-state index in [2.05, 4.69) is 26.8 Å². The van der Waals surface area contributed by atoms with Crippen molar-refractivity contribution in [2.45, 2.75) is 72.8 Å². The van der Waals surface area contributed by atoms with Crippen LogP contribution in [0, 0.1) is 33.5 Å². The molecule has 1 aromatic heterocycles. The van der Waals surface area contributed by atoms with Gasteiger partial charge in [0.05, 0.1) is 18.4 Å². The Hall–Kier alpha value is -2.43. The molecule has 5 nitrogen and oxygen atoms in total. The van der Waals surface area contributed by atoms with E-state index >= 15 is 0 Å². The Bertz CT molecular complexity index is 1090. The summed E-state index contributed by atoms with van der Waals surface area (Å²) in [7, 11) is 0. The van der Waals surface area contributed by atoms with Gasteiger partial charge in [-0.25, -0.2) is 0 Å². The average molecular weight is 451 g/mol. The van der Waals surface area contributed by atoms with Crippen molar-refractivity contribution in [3.05, 3.63) is 48.0 Å². The summed E-state index contributed by atoms with van der Waals surface area (Å²) in [5.74, 6) is -0.177. The minimum atomic E-state index is -0.539. The molecule has 4 aliphatic rings. The molecule has 5 heteroatoms. The van der Waals surface area contributed by atoms with Gasteiger partial charge in [0.2, 0.25) is 0 Å². The van der Waals surface area contributed by atoms with E-state index in [1.807, 2.05) is 26.0 Å². The number of furan rings is 1. The van der Waals surface area contributed by atoms with Crippen LogP contribution in [0.5, 0.6) is 0 Å². The standard InChI is InChI=1S/C28H34O5/c1-16(29)33-23-14-20-25(2,3)22(31)8-11-26(20,4)19-7-10-27(5)21(28(19,23)6)13-18(30)24(27)17-9-12-32-15-17/h8-9,11-13,15,19-20,23-24H,7,10,14H2,1-6H3/t19-,20+,23+,24+,26-,27-,28-/m1/s1. The normalized spacial score (nSPS) is 43.4. The minimum absolute atomic E-state index is 0.0525. The highest BCUT2D eigenvalue weighted by Crippen LogP contribution is 2.72. The first-order chi connectivity index (χ1) is 15.4. The van der Waals surface area contributed by atoms with Gasteiger partial charge in [-0.3, -0.25) is 14.4 Å². The number of ether oxygens (including phenoxy) is 1. The van der Waals surface area contributed by atoms with Gasteiger partial charge in [0.1, 0.15) is 6.10 Å². The zero-order valence-electron chi connectivity index (χ0n) is 20.4. The fourth-order valence-corrected chi connectivity index (χ4v) is 8.44. The summed E-state index contributed by atoms with van der Waals surface area (Å²) < 4.78 is 11.4. The van der Waals surface area contributed by atoms with Gasteiger partial charge in [-0.1, -0.05) is 40.7 Å². The Labute approximate surface area is 195 Å². The summed E-state index contributed by atoms with van der Waals surface area (Å²) in [5, 5.41) is 0. The van der Waals surface area contributed by atoms with Crippen LogP contribution in [0.4, 0.5) is 0 Å². The Morgan fingerprint density at radius 1 is 1.12 bits per heavy atom. The van der Waals surface area contributed by atoms with Gasteiger partial charge in [-0.15, -0.1) is 0 Å². The van der Waals surface area contributed by atoms with E-state index in [0.29, 0.717) is 6.42 Å². The number of rotatable bonds is 2. The van der Waals surface area contributed by atoms with E-state index in [1.54, 1.807) is 18.6 Å². The molecular formula is C28H34O5. The summed E-state index contributed by atoms with van der Waals surface area (Å²) in [6.45, 7) is 12.1. The van der Waals surface area contributed by atoms with Crippen molar-refractivity contribution < 1.29 is 23.5 Å². The van der Waals surface area contributed by atoms with Crippen molar-refractivity contribution >= 4 is 17.5 Å². The molecule has 0 amide bonds. The molecule has 1 aromatic rings. The van der Waals surface area contributed by atoms with E-state index in [9.17, 15) is 14.4 Å². The third-order valence-electron chi connectivity index (χ3n) is 9.99. The average Bonchev–Trinajstić information content (AvgIpc) is 3.32. The molecule has 0 aliphatic heterocycles. The number of hydrogen-bond donors (Lipinski definition) is 0. The van der Waals surface area contributed by atoms with Crippen LogP contribution in [-0.2, 0) is 19.1 Å². The first kappa shape index (κ1) is 22.4. The molecule has 0 saturated heterocycles. The molecule has 0 N–H and O–H groups in total. The maximum absolute atomic E-state index is 13.4. The maximum Gasteiger partial charge on any atom is 0.302 e. The lowest BCUT2D eigenvalue weighted by Gasteiger charge is -2.66. The fraction of sp³-hybridized carbons (Fsp3) is 0.607. The van der Waals surface area contributed by atoms with Gasteiger partial charge in [0.25, 0.3) is 0 Å². The maximum atomic E-state index is 13.4. The minimum Gasteiger partial charge on any atom is -0.472 e. The van der Waals surface area contributed by atoms with Crippen molar-refractivity contribution in [1.29, 1.82) is 0 Å². The van der Waals surface area contributed by atoms with Gasteiger partial charge < -0.3 is 9.15 Å². The smallest absolute Gasteiger partial charge is 0.302 e. The predicted octanol–water partition coefficient (Wildman–Crippen LogP) is 5.42. The lowest BCUT2D eigenvalue weighted by Crippen LogP contribution is -2.64. The highest BCUT2D eigenvalue weighted by Gasteiger charge is 2.69. The molecule has 0 radical (unpaired) electrons. The lowest BCUT2D eigenvalue weighted by molar-refractivity contribution is -0.187. The summed E-state index contributed by atoms with van der Waals surface area (Å²) >= 11 is 0. The molecule has 33 heavy (non-hydrogen) atoms. The zero-order valence-corrected chi connectivity index (χ0v) is 20.4. The monoisotopic (exact) mass is 450 g/mol. The number of carbonyl (C=O) groups is 3. The van der Waals surface area contributed by atoms with Gasteiger partial charge >= 0.3 is 5.97 Å². The van der Waals surface area contributed by atoms with Crippen LogP contribution in [0.25, 0.3) is 0 Å². The van der Waals surface area contributed by atoms with Crippen molar-refractivity contribution in [3.8, 4) is 0 Å². The van der Waals surface area contributed by atoms with Crippen LogP contribution in [-0.4, -0.2) is 23.6 Å².